The van der Waals surface area contributed by atoms with E-state index in [0.29, 0.717) is 18.4 Å². The molecule has 4 N–H and O–H groups in total. The van der Waals surface area contributed by atoms with Crippen LogP contribution in [0.1, 0.15) is 50.8 Å². The quantitative estimate of drug-likeness (QED) is 0.381. The summed E-state index contributed by atoms with van der Waals surface area (Å²) >= 11 is 0. The Morgan fingerprint density at radius 3 is 2.09 bits per heavy atom. The predicted octanol–water partition coefficient (Wildman–Crippen LogP) is 3.07. The zero-order chi connectivity index (χ0) is 24.9. The molecule has 2 rings (SSSR count). The lowest BCUT2D eigenvalue weighted by atomic mass is 10.0. The molecular weight excluding hydrogens is 434 g/mol. The lowest BCUT2D eigenvalue weighted by Gasteiger charge is -2.24. The highest BCUT2D eigenvalue weighted by molar-refractivity contribution is 5.91. The summed E-state index contributed by atoms with van der Waals surface area (Å²) < 4.78 is 5.24. The number of hydrogen-bond donors (Lipinski definition) is 4. The maximum Gasteiger partial charge on any atom is 0.408 e. The molecule has 34 heavy (non-hydrogen) atoms. The number of aliphatic hydroxyl groups is 1. The Kier molecular flexibility index (Phi) is 11.1. The molecule has 0 aliphatic rings. The molecule has 0 spiro atoms. The van der Waals surface area contributed by atoms with Gasteiger partial charge in [0, 0.05) is 6.54 Å². The first-order valence-electron chi connectivity index (χ1n) is 11.6. The van der Waals surface area contributed by atoms with Crippen molar-refractivity contribution in [3.8, 4) is 0 Å². The van der Waals surface area contributed by atoms with Crippen LogP contribution in [0.15, 0.2) is 60.7 Å². The van der Waals surface area contributed by atoms with E-state index >= 15 is 0 Å². The second-order valence-electron chi connectivity index (χ2n) is 8.53. The van der Waals surface area contributed by atoms with E-state index in [1.165, 1.54) is 0 Å². The molecule has 184 valence electrons. The largest absolute Gasteiger partial charge is 0.445 e. The molecule has 8 heteroatoms. The van der Waals surface area contributed by atoms with Crippen LogP contribution in [-0.2, 0) is 20.9 Å². The van der Waals surface area contributed by atoms with Gasteiger partial charge in [0.1, 0.15) is 18.7 Å². The van der Waals surface area contributed by atoms with E-state index in [1.54, 1.807) is 19.1 Å². The number of ether oxygens (including phenoxy) is 1. The molecule has 3 atom stereocenters. The molecule has 2 aromatic carbocycles. The minimum Gasteiger partial charge on any atom is -0.445 e. The first kappa shape index (κ1) is 26.9. The van der Waals surface area contributed by atoms with Gasteiger partial charge >= 0.3 is 6.09 Å². The van der Waals surface area contributed by atoms with Crippen molar-refractivity contribution >= 4 is 17.9 Å². The summed E-state index contributed by atoms with van der Waals surface area (Å²) in [7, 11) is 0. The molecule has 0 bridgehead atoms. The van der Waals surface area contributed by atoms with Crippen molar-refractivity contribution in [2.45, 2.75) is 58.4 Å². The van der Waals surface area contributed by atoms with E-state index in [1.807, 2.05) is 62.4 Å². The molecule has 0 aromatic heterocycles. The molecule has 0 radical (unpaired) electrons. The predicted molar refractivity (Wildman–Crippen MR) is 130 cm³/mol. The Balaban J connectivity index is 1.90. The highest BCUT2D eigenvalue weighted by atomic mass is 16.5. The van der Waals surface area contributed by atoms with Gasteiger partial charge in [0.15, 0.2) is 0 Å². The fraction of sp³-hybridized carbons (Fsp3) is 0.423. The van der Waals surface area contributed by atoms with Crippen LogP contribution in [-0.4, -0.2) is 41.6 Å². The smallest absolute Gasteiger partial charge is 0.408 e. The van der Waals surface area contributed by atoms with Crippen LogP contribution in [0.2, 0.25) is 0 Å². The molecule has 1 unspecified atom stereocenters. The van der Waals surface area contributed by atoms with E-state index < -0.39 is 36.1 Å². The fourth-order valence-corrected chi connectivity index (χ4v) is 3.35. The summed E-state index contributed by atoms with van der Waals surface area (Å²) in [5.41, 5.74) is 1.53. The van der Waals surface area contributed by atoms with Crippen molar-refractivity contribution in [2.75, 3.05) is 6.54 Å². The minimum atomic E-state index is -0.854. The van der Waals surface area contributed by atoms with Gasteiger partial charge in [-0.25, -0.2) is 4.79 Å². The Hall–Kier alpha value is -3.39. The lowest BCUT2D eigenvalue weighted by Crippen LogP contribution is -2.54. The molecule has 0 heterocycles. The summed E-state index contributed by atoms with van der Waals surface area (Å²) in [6, 6.07) is 16.6. The molecule has 0 saturated heterocycles. The third kappa shape index (κ3) is 9.23. The number of benzene rings is 2. The summed E-state index contributed by atoms with van der Waals surface area (Å²) in [4.78, 5) is 37.8. The zero-order valence-electron chi connectivity index (χ0n) is 20.0. The van der Waals surface area contributed by atoms with Gasteiger partial charge in [0.05, 0.1) is 6.10 Å². The molecule has 0 aliphatic carbocycles. The van der Waals surface area contributed by atoms with Crippen LogP contribution in [0.4, 0.5) is 4.79 Å². The van der Waals surface area contributed by atoms with Crippen LogP contribution in [0, 0.1) is 5.92 Å². The van der Waals surface area contributed by atoms with Gasteiger partial charge in [-0.1, -0.05) is 81.4 Å². The van der Waals surface area contributed by atoms with E-state index in [9.17, 15) is 19.5 Å². The van der Waals surface area contributed by atoms with Crippen molar-refractivity contribution in [3.05, 3.63) is 71.8 Å². The van der Waals surface area contributed by atoms with Gasteiger partial charge in [0.25, 0.3) is 0 Å². The molecule has 3 amide bonds. The van der Waals surface area contributed by atoms with Crippen molar-refractivity contribution in [3.63, 3.8) is 0 Å². The summed E-state index contributed by atoms with van der Waals surface area (Å²) in [5, 5.41) is 18.3. The fourth-order valence-electron chi connectivity index (χ4n) is 3.35. The van der Waals surface area contributed by atoms with Crippen molar-refractivity contribution in [1.82, 2.24) is 16.0 Å². The number of carbonyl (C=O) groups excluding carboxylic acids is 3. The standard InChI is InChI=1S/C26H35N3O5/c1-4-21(24(31)27-16-23(30)20-13-9-6-10-14-20)28-25(32)22(15-18(2)3)29-26(33)34-17-19-11-7-5-8-12-19/h5-14,18,21-23,30H,4,15-17H2,1-3H3,(H,27,31)(H,28,32)(H,29,33)/t21-,22-,23?/m0/s1. The second kappa shape index (κ2) is 14.0. The second-order valence-corrected chi connectivity index (χ2v) is 8.53. The van der Waals surface area contributed by atoms with Gasteiger partial charge in [0.2, 0.25) is 11.8 Å². The summed E-state index contributed by atoms with van der Waals surface area (Å²) in [6.07, 6.45) is -0.815. The number of aliphatic hydroxyl groups excluding tert-OH is 1. The molecule has 2 aromatic rings. The molecule has 0 saturated carbocycles. The highest BCUT2D eigenvalue weighted by Gasteiger charge is 2.27. The molecular formula is C26H35N3O5. The minimum absolute atomic E-state index is 0.0225. The molecule has 0 fully saturated rings. The first-order valence-corrected chi connectivity index (χ1v) is 11.6. The van der Waals surface area contributed by atoms with Gasteiger partial charge in [-0.05, 0) is 29.9 Å². The average molecular weight is 470 g/mol. The topological polar surface area (TPSA) is 117 Å². The maximum absolute atomic E-state index is 12.9. The first-order chi connectivity index (χ1) is 16.3. The van der Waals surface area contributed by atoms with Gasteiger partial charge in [-0.2, -0.15) is 0 Å². The van der Waals surface area contributed by atoms with Crippen LogP contribution >= 0.6 is 0 Å². The Labute approximate surface area is 201 Å². The Morgan fingerprint density at radius 1 is 0.882 bits per heavy atom. The van der Waals surface area contributed by atoms with Crippen LogP contribution in [0.25, 0.3) is 0 Å². The number of hydrogen-bond acceptors (Lipinski definition) is 5. The van der Waals surface area contributed by atoms with Gasteiger partial charge < -0.3 is 25.8 Å². The number of nitrogens with one attached hydrogen (secondary N) is 3. The third-order valence-electron chi connectivity index (χ3n) is 5.22. The Morgan fingerprint density at radius 2 is 1.50 bits per heavy atom. The van der Waals surface area contributed by atoms with E-state index in [2.05, 4.69) is 16.0 Å². The van der Waals surface area contributed by atoms with Crippen LogP contribution < -0.4 is 16.0 Å². The SMILES string of the molecule is CC[C@H](NC(=O)[C@H](CC(C)C)NC(=O)OCc1ccccc1)C(=O)NCC(O)c1ccccc1. The summed E-state index contributed by atoms with van der Waals surface area (Å²) in [6.45, 7) is 5.76. The number of carbonyl (C=O) groups is 3. The monoisotopic (exact) mass is 469 g/mol. The lowest BCUT2D eigenvalue weighted by molar-refractivity contribution is -0.130. The van der Waals surface area contributed by atoms with E-state index in [0.717, 1.165) is 5.56 Å². The maximum atomic E-state index is 12.9. The van der Waals surface area contributed by atoms with Crippen LogP contribution in [0.5, 0.6) is 0 Å². The van der Waals surface area contributed by atoms with Crippen molar-refractivity contribution in [1.29, 1.82) is 0 Å². The number of rotatable bonds is 12. The molecule has 0 aliphatic heterocycles. The van der Waals surface area contributed by atoms with Crippen molar-refractivity contribution in [2.24, 2.45) is 5.92 Å². The van der Waals surface area contributed by atoms with Gasteiger partial charge in [-0.3, -0.25) is 9.59 Å². The highest BCUT2D eigenvalue weighted by Crippen LogP contribution is 2.11. The summed E-state index contributed by atoms with van der Waals surface area (Å²) in [5.74, 6) is -0.739. The van der Waals surface area contributed by atoms with E-state index in [4.69, 9.17) is 4.74 Å². The Bertz CT molecular complexity index is 905. The zero-order valence-corrected chi connectivity index (χ0v) is 20.0. The number of alkyl carbamates (subject to hydrolysis) is 1. The third-order valence-corrected chi connectivity index (χ3v) is 5.22. The number of amides is 3. The van der Waals surface area contributed by atoms with E-state index in [-0.39, 0.29) is 19.1 Å². The average Bonchev–Trinajstić information content (AvgIpc) is 2.84. The van der Waals surface area contributed by atoms with Gasteiger partial charge in [-0.15, -0.1) is 0 Å². The normalized spacial score (nSPS) is 13.4. The van der Waals surface area contributed by atoms with Crippen molar-refractivity contribution < 1.29 is 24.2 Å². The van der Waals surface area contributed by atoms with Crippen LogP contribution in [0.3, 0.4) is 0 Å². The molecule has 8 nitrogen and oxygen atoms in total.